The van der Waals surface area contributed by atoms with Gasteiger partial charge in [0, 0.05) is 6.54 Å². The van der Waals surface area contributed by atoms with E-state index >= 15 is 0 Å². The summed E-state index contributed by atoms with van der Waals surface area (Å²) in [5, 5.41) is 5.58. The SMILES string of the molecule is CC(C)CNC(=O)CNc1nc(Cl)nc(OC(C)C)n1. The van der Waals surface area contributed by atoms with E-state index in [0.717, 1.165) is 0 Å². The number of nitrogens with zero attached hydrogens (tertiary/aromatic N) is 3. The van der Waals surface area contributed by atoms with Gasteiger partial charge in [-0.2, -0.15) is 15.0 Å². The van der Waals surface area contributed by atoms with Gasteiger partial charge in [-0.3, -0.25) is 4.79 Å². The number of carbonyl (C=O) groups excluding carboxylic acids is 1. The van der Waals surface area contributed by atoms with E-state index in [0.29, 0.717) is 12.5 Å². The summed E-state index contributed by atoms with van der Waals surface area (Å²) in [6.07, 6.45) is -0.0735. The summed E-state index contributed by atoms with van der Waals surface area (Å²) in [5.41, 5.74) is 0. The first-order valence-corrected chi connectivity index (χ1v) is 6.83. The van der Waals surface area contributed by atoms with Gasteiger partial charge in [-0.1, -0.05) is 13.8 Å². The Balaban J connectivity index is 2.54. The van der Waals surface area contributed by atoms with Gasteiger partial charge in [0.05, 0.1) is 12.6 Å². The molecule has 1 aromatic heterocycles. The lowest BCUT2D eigenvalue weighted by Crippen LogP contribution is -2.32. The average Bonchev–Trinajstić information content (AvgIpc) is 2.32. The van der Waals surface area contributed by atoms with Crippen LogP contribution in [0.1, 0.15) is 27.7 Å². The summed E-state index contributed by atoms with van der Waals surface area (Å²) in [6, 6.07) is 0.130. The number of halogens is 1. The number of amides is 1. The lowest BCUT2D eigenvalue weighted by atomic mass is 10.2. The van der Waals surface area contributed by atoms with Crippen LogP contribution in [0.3, 0.4) is 0 Å². The fourth-order valence-corrected chi connectivity index (χ4v) is 1.37. The minimum Gasteiger partial charge on any atom is -0.461 e. The van der Waals surface area contributed by atoms with Crippen LogP contribution in [0, 0.1) is 5.92 Å². The molecule has 0 aliphatic heterocycles. The molecule has 2 N–H and O–H groups in total. The van der Waals surface area contributed by atoms with Crippen molar-refractivity contribution in [3.63, 3.8) is 0 Å². The third-order valence-electron chi connectivity index (χ3n) is 2.04. The van der Waals surface area contributed by atoms with Crippen molar-refractivity contribution in [2.24, 2.45) is 5.92 Å². The molecule has 0 aromatic carbocycles. The molecule has 0 atom stereocenters. The van der Waals surface area contributed by atoms with Gasteiger partial charge < -0.3 is 15.4 Å². The van der Waals surface area contributed by atoms with Crippen LogP contribution < -0.4 is 15.4 Å². The van der Waals surface area contributed by atoms with Crippen LogP contribution in [0.4, 0.5) is 5.95 Å². The Labute approximate surface area is 123 Å². The summed E-state index contributed by atoms with van der Waals surface area (Å²) >= 11 is 5.77. The molecule has 1 aromatic rings. The fourth-order valence-electron chi connectivity index (χ4n) is 1.21. The van der Waals surface area contributed by atoms with E-state index < -0.39 is 0 Å². The summed E-state index contributed by atoms with van der Waals surface area (Å²) < 4.78 is 5.33. The molecule has 112 valence electrons. The van der Waals surface area contributed by atoms with Crippen molar-refractivity contribution in [1.82, 2.24) is 20.3 Å². The molecule has 0 aliphatic carbocycles. The van der Waals surface area contributed by atoms with Crippen LogP contribution in [0.25, 0.3) is 0 Å². The average molecular weight is 302 g/mol. The lowest BCUT2D eigenvalue weighted by molar-refractivity contribution is -0.119. The Morgan fingerprint density at radius 2 is 1.95 bits per heavy atom. The molecule has 1 heterocycles. The third-order valence-corrected chi connectivity index (χ3v) is 2.21. The minimum absolute atomic E-state index is 0.0146. The molecule has 0 spiro atoms. The van der Waals surface area contributed by atoms with Gasteiger partial charge >= 0.3 is 6.01 Å². The van der Waals surface area contributed by atoms with E-state index in [4.69, 9.17) is 16.3 Å². The topological polar surface area (TPSA) is 89.0 Å². The standard InChI is InChI=1S/C12H20ClN5O2/c1-7(2)5-14-9(19)6-15-11-16-10(13)17-12(18-11)20-8(3)4/h7-8H,5-6H2,1-4H3,(H,14,19)(H,15,16,17,18). The van der Waals surface area contributed by atoms with Crippen molar-refractivity contribution >= 4 is 23.5 Å². The van der Waals surface area contributed by atoms with Crippen molar-refractivity contribution in [2.45, 2.75) is 33.8 Å². The van der Waals surface area contributed by atoms with Crippen molar-refractivity contribution in [2.75, 3.05) is 18.4 Å². The largest absolute Gasteiger partial charge is 0.461 e. The first-order valence-electron chi connectivity index (χ1n) is 6.45. The molecule has 0 fully saturated rings. The highest BCUT2D eigenvalue weighted by atomic mass is 35.5. The van der Waals surface area contributed by atoms with Crippen LogP contribution in [0.2, 0.25) is 5.28 Å². The van der Waals surface area contributed by atoms with Crippen LogP contribution in [0.5, 0.6) is 6.01 Å². The highest BCUT2D eigenvalue weighted by Gasteiger charge is 2.09. The first kappa shape index (κ1) is 16.4. The monoisotopic (exact) mass is 301 g/mol. The van der Waals surface area contributed by atoms with E-state index in [1.165, 1.54) is 0 Å². The van der Waals surface area contributed by atoms with E-state index in [1.54, 1.807) is 0 Å². The Morgan fingerprint density at radius 1 is 1.25 bits per heavy atom. The van der Waals surface area contributed by atoms with Gasteiger partial charge in [-0.05, 0) is 31.4 Å². The van der Waals surface area contributed by atoms with Crippen LogP contribution >= 0.6 is 11.6 Å². The summed E-state index contributed by atoms with van der Waals surface area (Å²) in [6.45, 7) is 8.44. The van der Waals surface area contributed by atoms with Crippen molar-refractivity contribution in [1.29, 1.82) is 0 Å². The third kappa shape index (κ3) is 6.51. The van der Waals surface area contributed by atoms with Gasteiger partial charge in [0.15, 0.2) is 0 Å². The van der Waals surface area contributed by atoms with Gasteiger partial charge in [0.2, 0.25) is 17.1 Å². The smallest absolute Gasteiger partial charge is 0.322 e. The normalized spacial score (nSPS) is 10.8. The maximum atomic E-state index is 11.6. The fraction of sp³-hybridized carbons (Fsp3) is 0.667. The van der Waals surface area contributed by atoms with E-state index in [9.17, 15) is 4.79 Å². The molecule has 0 unspecified atom stereocenters. The second-order valence-electron chi connectivity index (χ2n) is 4.93. The molecule has 0 saturated heterocycles. The second-order valence-corrected chi connectivity index (χ2v) is 5.27. The van der Waals surface area contributed by atoms with Crippen LogP contribution in [-0.4, -0.2) is 40.1 Å². The summed E-state index contributed by atoms with van der Waals surface area (Å²) in [4.78, 5) is 23.3. The highest BCUT2D eigenvalue weighted by Crippen LogP contribution is 2.12. The zero-order valence-corrected chi connectivity index (χ0v) is 12.9. The molecule has 0 aliphatic rings. The number of aromatic nitrogens is 3. The molecule has 1 rings (SSSR count). The number of nitrogens with one attached hydrogen (secondary N) is 2. The molecule has 8 heteroatoms. The predicted octanol–water partition coefficient (Wildman–Crippen LogP) is 1.50. The Hall–Kier alpha value is -1.63. The molecule has 0 saturated carbocycles. The van der Waals surface area contributed by atoms with Crippen LogP contribution in [-0.2, 0) is 4.79 Å². The number of ether oxygens (including phenoxy) is 1. The Bertz CT molecular complexity index is 453. The maximum Gasteiger partial charge on any atom is 0.322 e. The van der Waals surface area contributed by atoms with Crippen molar-refractivity contribution in [3.05, 3.63) is 5.28 Å². The summed E-state index contributed by atoms with van der Waals surface area (Å²) in [5.74, 6) is 0.471. The summed E-state index contributed by atoms with van der Waals surface area (Å²) in [7, 11) is 0. The second kappa shape index (κ2) is 7.84. The molecule has 0 bridgehead atoms. The number of hydrogen-bond acceptors (Lipinski definition) is 6. The zero-order valence-electron chi connectivity index (χ0n) is 12.1. The molecule has 20 heavy (non-hydrogen) atoms. The Kier molecular flexibility index (Phi) is 6.44. The van der Waals surface area contributed by atoms with Crippen molar-refractivity contribution in [3.8, 4) is 6.01 Å². The van der Waals surface area contributed by atoms with E-state index in [2.05, 4.69) is 25.6 Å². The quantitative estimate of drug-likeness (QED) is 0.793. The number of rotatable bonds is 7. The minimum atomic E-state index is -0.137. The van der Waals surface area contributed by atoms with E-state index in [-0.39, 0.29) is 35.8 Å². The Morgan fingerprint density at radius 3 is 2.55 bits per heavy atom. The zero-order chi connectivity index (χ0) is 15.1. The molecular weight excluding hydrogens is 282 g/mol. The van der Waals surface area contributed by atoms with Gasteiger partial charge in [-0.25, -0.2) is 0 Å². The van der Waals surface area contributed by atoms with Gasteiger partial charge in [0.1, 0.15) is 0 Å². The predicted molar refractivity (Wildman–Crippen MR) is 76.9 cm³/mol. The molecule has 1 amide bonds. The molecule has 0 radical (unpaired) electrons. The van der Waals surface area contributed by atoms with E-state index in [1.807, 2.05) is 27.7 Å². The number of hydrogen-bond donors (Lipinski definition) is 2. The molecular formula is C12H20ClN5O2. The lowest BCUT2D eigenvalue weighted by Gasteiger charge is -2.10. The van der Waals surface area contributed by atoms with Gasteiger partial charge in [-0.15, -0.1) is 0 Å². The van der Waals surface area contributed by atoms with Gasteiger partial charge in [0.25, 0.3) is 0 Å². The molecule has 7 nitrogen and oxygen atoms in total. The first-order chi connectivity index (χ1) is 9.36. The number of anilines is 1. The van der Waals surface area contributed by atoms with Crippen LogP contribution in [0.15, 0.2) is 0 Å². The van der Waals surface area contributed by atoms with Crippen molar-refractivity contribution < 1.29 is 9.53 Å². The number of carbonyl (C=O) groups is 1. The highest BCUT2D eigenvalue weighted by molar-refractivity contribution is 6.28. The maximum absolute atomic E-state index is 11.6.